The van der Waals surface area contributed by atoms with Gasteiger partial charge in [0.1, 0.15) is 0 Å². The fraction of sp³-hybridized carbons (Fsp3) is 0.700. The lowest BCUT2D eigenvalue weighted by Gasteiger charge is -2.18. The van der Waals surface area contributed by atoms with Crippen molar-refractivity contribution < 1.29 is 4.84 Å². The van der Waals surface area contributed by atoms with Gasteiger partial charge in [-0.15, -0.1) is 6.42 Å². The number of rotatable bonds is 3. The third-order valence-electron chi connectivity index (χ3n) is 2.94. The summed E-state index contributed by atoms with van der Waals surface area (Å²) in [5.41, 5.74) is 0.300. The van der Waals surface area contributed by atoms with E-state index in [1.165, 1.54) is 25.9 Å². The zero-order valence-electron chi connectivity index (χ0n) is 7.70. The molecule has 3 heteroatoms. The van der Waals surface area contributed by atoms with Gasteiger partial charge in [-0.1, -0.05) is 11.1 Å². The van der Waals surface area contributed by atoms with Crippen LogP contribution in [0.1, 0.15) is 12.8 Å². The monoisotopic (exact) mass is 178 g/mol. The van der Waals surface area contributed by atoms with Crippen molar-refractivity contribution in [3.8, 4) is 12.3 Å². The molecule has 2 saturated heterocycles. The van der Waals surface area contributed by atoms with E-state index in [1.807, 2.05) is 6.21 Å². The molecule has 3 nitrogen and oxygen atoms in total. The van der Waals surface area contributed by atoms with Crippen LogP contribution < -0.4 is 0 Å². The van der Waals surface area contributed by atoms with Crippen LogP contribution in [0.2, 0.25) is 0 Å². The van der Waals surface area contributed by atoms with E-state index in [4.69, 9.17) is 11.3 Å². The van der Waals surface area contributed by atoms with E-state index < -0.39 is 0 Å². The highest BCUT2D eigenvalue weighted by Crippen LogP contribution is 2.38. The number of terminal acetylenes is 1. The van der Waals surface area contributed by atoms with Crippen LogP contribution in [0.15, 0.2) is 5.16 Å². The quantitative estimate of drug-likeness (QED) is 0.275. The third kappa shape index (κ3) is 1.68. The summed E-state index contributed by atoms with van der Waals surface area (Å²) in [4.78, 5) is 7.37. The van der Waals surface area contributed by atoms with Gasteiger partial charge < -0.3 is 9.74 Å². The molecule has 2 fully saturated rings. The minimum atomic E-state index is 0.274. The van der Waals surface area contributed by atoms with Crippen molar-refractivity contribution in [1.29, 1.82) is 0 Å². The molecule has 0 aromatic rings. The maximum atomic E-state index is 5.04. The summed E-state index contributed by atoms with van der Waals surface area (Å²) < 4.78 is 0. The zero-order chi connectivity index (χ0) is 9.15. The van der Waals surface area contributed by atoms with E-state index in [-0.39, 0.29) is 6.61 Å². The van der Waals surface area contributed by atoms with Crippen molar-refractivity contribution >= 4 is 6.21 Å². The van der Waals surface area contributed by atoms with Crippen LogP contribution in [0.5, 0.6) is 0 Å². The Morgan fingerprint density at radius 3 is 2.85 bits per heavy atom. The van der Waals surface area contributed by atoms with Crippen LogP contribution in [-0.4, -0.2) is 37.4 Å². The second-order valence-corrected chi connectivity index (χ2v) is 3.85. The third-order valence-corrected chi connectivity index (χ3v) is 2.94. The van der Waals surface area contributed by atoms with Gasteiger partial charge in [-0.2, -0.15) is 0 Å². The summed E-state index contributed by atoms with van der Waals surface area (Å²) in [5, 5.41) is 3.92. The Morgan fingerprint density at radius 2 is 2.31 bits per heavy atom. The largest absolute Gasteiger partial charge is 0.383 e. The molecule has 0 saturated carbocycles. The van der Waals surface area contributed by atoms with E-state index in [0.29, 0.717) is 5.41 Å². The fourth-order valence-corrected chi connectivity index (χ4v) is 2.15. The van der Waals surface area contributed by atoms with Gasteiger partial charge in [-0.3, -0.25) is 0 Å². The smallest absolute Gasteiger partial charge is 0.177 e. The number of piperidine rings is 1. The second-order valence-electron chi connectivity index (χ2n) is 3.85. The lowest BCUT2D eigenvalue weighted by atomic mass is 9.86. The first-order valence-corrected chi connectivity index (χ1v) is 4.67. The first kappa shape index (κ1) is 8.58. The topological polar surface area (TPSA) is 24.8 Å². The number of nitrogens with zero attached hydrogens (tertiary/aromatic N) is 2. The minimum Gasteiger partial charge on any atom is -0.383 e. The van der Waals surface area contributed by atoms with Crippen LogP contribution in [0, 0.1) is 17.8 Å². The van der Waals surface area contributed by atoms with Crippen molar-refractivity contribution in [2.45, 2.75) is 12.8 Å². The highest BCUT2D eigenvalue weighted by molar-refractivity contribution is 5.67. The van der Waals surface area contributed by atoms with E-state index in [1.54, 1.807) is 0 Å². The lowest BCUT2D eigenvalue weighted by molar-refractivity contribution is 0.177. The van der Waals surface area contributed by atoms with Crippen molar-refractivity contribution in [1.82, 2.24) is 4.90 Å². The van der Waals surface area contributed by atoms with Gasteiger partial charge in [0.05, 0.1) is 6.21 Å². The Bertz CT molecular complexity index is 246. The van der Waals surface area contributed by atoms with Gasteiger partial charge >= 0.3 is 0 Å². The maximum absolute atomic E-state index is 5.04. The normalized spacial score (nSPS) is 36.7. The Kier molecular flexibility index (Phi) is 2.24. The summed E-state index contributed by atoms with van der Waals surface area (Å²) in [6.07, 6.45) is 9.43. The number of oxime groups is 1. The van der Waals surface area contributed by atoms with Crippen molar-refractivity contribution in [2.24, 2.45) is 10.6 Å². The zero-order valence-corrected chi connectivity index (χ0v) is 7.70. The number of hydrogen-bond donors (Lipinski definition) is 0. The van der Waals surface area contributed by atoms with Crippen molar-refractivity contribution in [3.63, 3.8) is 0 Å². The Hall–Kier alpha value is -1.01. The molecule has 0 aromatic carbocycles. The molecule has 70 valence electrons. The van der Waals surface area contributed by atoms with Crippen LogP contribution in [0.4, 0.5) is 0 Å². The molecule has 0 aliphatic carbocycles. The summed E-state index contributed by atoms with van der Waals surface area (Å²) >= 11 is 0. The molecule has 0 spiro atoms. The number of hydrogen-bond acceptors (Lipinski definition) is 3. The Balaban J connectivity index is 1.87. The van der Waals surface area contributed by atoms with Crippen molar-refractivity contribution in [2.75, 3.05) is 26.2 Å². The molecule has 0 N–H and O–H groups in total. The molecule has 2 aliphatic rings. The van der Waals surface area contributed by atoms with Crippen molar-refractivity contribution in [3.05, 3.63) is 0 Å². The second kappa shape index (κ2) is 3.39. The van der Waals surface area contributed by atoms with E-state index in [0.717, 1.165) is 6.54 Å². The van der Waals surface area contributed by atoms with Gasteiger partial charge in [-0.05, 0) is 25.9 Å². The molecule has 2 heterocycles. The first-order chi connectivity index (χ1) is 6.35. The summed E-state index contributed by atoms with van der Waals surface area (Å²) in [6.45, 7) is 3.84. The van der Waals surface area contributed by atoms with Gasteiger partial charge in [-0.25, -0.2) is 0 Å². The maximum Gasteiger partial charge on any atom is 0.177 e. The standard InChI is InChI=1S/C10H14N2O/c1-2-7-13-11-8-10-3-5-12(9-10)6-4-10/h1,8H,3-7,9H2. The molecule has 0 radical (unpaired) electrons. The Morgan fingerprint density at radius 1 is 1.54 bits per heavy atom. The highest BCUT2D eigenvalue weighted by Gasteiger charge is 2.42. The van der Waals surface area contributed by atoms with Crippen LogP contribution in [0.25, 0.3) is 0 Å². The molecule has 2 bridgehead atoms. The molecular weight excluding hydrogens is 164 g/mol. The van der Waals surface area contributed by atoms with E-state index >= 15 is 0 Å². The molecular formula is C10H14N2O. The fourth-order valence-electron chi connectivity index (χ4n) is 2.15. The predicted octanol–water partition coefficient (Wildman–Crippen LogP) is 0.718. The average molecular weight is 178 g/mol. The van der Waals surface area contributed by atoms with E-state index in [9.17, 15) is 0 Å². The Labute approximate surface area is 78.7 Å². The van der Waals surface area contributed by atoms with Gasteiger partial charge in [0, 0.05) is 12.0 Å². The van der Waals surface area contributed by atoms with Gasteiger partial charge in [0.25, 0.3) is 0 Å². The minimum absolute atomic E-state index is 0.274. The average Bonchev–Trinajstić information content (AvgIpc) is 2.72. The molecule has 0 unspecified atom stereocenters. The summed E-state index contributed by atoms with van der Waals surface area (Å²) in [5.74, 6) is 2.39. The molecule has 2 aliphatic heterocycles. The summed E-state index contributed by atoms with van der Waals surface area (Å²) in [6, 6.07) is 0. The summed E-state index contributed by atoms with van der Waals surface area (Å²) in [7, 11) is 0. The SMILES string of the molecule is C#CCON=CC12CCN(CC1)C2. The molecule has 0 atom stereocenters. The lowest BCUT2D eigenvalue weighted by Crippen LogP contribution is -2.20. The molecule has 0 aromatic heterocycles. The number of fused-ring (bicyclic) bond motifs is 2. The van der Waals surface area contributed by atoms with E-state index in [2.05, 4.69) is 16.0 Å². The van der Waals surface area contributed by atoms with Gasteiger partial charge in [0.15, 0.2) is 6.61 Å². The van der Waals surface area contributed by atoms with Crippen LogP contribution in [-0.2, 0) is 4.84 Å². The highest BCUT2D eigenvalue weighted by atomic mass is 16.6. The first-order valence-electron chi connectivity index (χ1n) is 4.67. The van der Waals surface area contributed by atoms with Crippen LogP contribution in [0.3, 0.4) is 0 Å². The molecule has 13 heavy (non-hydrogen) atoms. The van der Waals surface area contributed by atoms with Crippen LogP contribution >= 0.6 is 0 Å². The van der Waals surface area contributed by atoms with Gasteiger partial charge in [0.2, 0.25) is 0 Å². The molecule has 0 amide bonds. The predicted molar refractivity (Wildman–Crippen MR) is 51.4 cm³/mol. The molecule has 2 rings (SSSR count).